The molecule has 7 heteroatoms. The van der Waals surface area contributed by atoms with Crippen molar-refractivity contribution in [3.05, 3.63) is 89.2 Å². The van der Waals surface area contributed by atoms with E-state index in [-0.39, 0.29) is 29.5 Å². The Morgan fingerprint density at radius 2 is 1.67 bits per heavy atom. The molecule has 0 saturated heterocycles. The van der Waals surface area contributed by atoms with Crippen LogP contribution in [0.15, 0.2) is 72.8 Å². The van der Waals surface area contributed by atoms with Gasteiger partial charge in [-0.25, -0.2) is 4.39 Å². The molecule has 0 heterocycles. The van der Waals surface area contributed by atoms with Crippen molar-refractivity contribution >= 4 is 29.1 Å². The van der Waals surface area contributed by atoms with Gasteiger partial charge in [0.25, 0.3) is 5.91 Å². The second-order valence-corrected chi connectivity index (χ2v) is 6.90. The van der Waals surface area contributed by atoms with E-state index in [0.29, 0.717) is 11.4 Å². The van der Waals surface area contributed by atoms with Gasteiger partial charge in [-0.05, 0) is 54.6 Å². The van der Waals surface area contributed by atoms with E-state index in [1.807, 2.05) is 30.3 Å². The zero-order valence-corrected chi connectivity index (χ0v) is 17.0. The summed E-state index contributed by atoms with van der Waals surface area (Å²) in [5.74, 6) is 0.240. The standard InChI is InChI=1S/C23H20ClFN2O3/c1-27(17-8-10-19(11-9-17)30-18-5-3-2-4-6-18)22(28)13-14-26-23(29)20-12-7-16(25)15-21(20)24/h2-12,15H,13-14H2,1H3,(H,26,29). The summed E-state index contributed by atoms with van der Waals surface area (Å²) in [7, 11) is 1.66. The number of anilines is 1. The third-order valence-corrected chi connectivity index (χ3v) is 4.69. The molecule has 0 fully saturated rings. The number of nitrogens with one attached hydrogen (secondary N) is 1. The lowest BCUT2D eigenvalue weighted by atomic mass is 10.2. The number of rotatable bonds is 7. The highest BCUT2D eigenvalue weighted by Crippen LogP contribution is 2.24. The number of carbonyl (C=O) groups is 2. The fourth-order valence-corrected chi connectivity index (χ4v) is 2.98. The normalized spacial score (nSPS) is 10.4. The van der Waals surface area contributed by atoms with Crippen LogP contribution < -0.4 is 15.0 Å². The van der Waals surface area contributed by atoms with Crippen LogP contribution in [0.5, 0.6) is 11.5 Å². The molecule has 0 spiro atoms. The Balaban J connectivity index is 1.51. The molecule has 3 aromatic carbocycles. The third kappa shape index (κ3) is 5.58. The number of carbonyl (C=O) groups excluding carboxylic acids is 2. The predicted molar refractivity (Wildman–Crippen MR) is 115 cm³/mol. The minimum Gasteiger partial charge on any atom is -0.457 e. The van der Waals surface area contributed by atoms with E-state index in [9.17, 15) is 14.0 Å². The summed E-state index contributed by atoms with van der Waals surface area (Å²) in [5.41, 5.74) is 0.862. The molecule has 154 valence electrons. The Morgan fingerprint density at radius 1 is 1.00 bits per heavy atom. The summed E-state index contributed by atoms with van der Waals surface area (Å²) in [5, 5.41) is 2.64. The Labute approximate surface area is 179 Å². The number of hydrogen-bond acceptors (Lipinski definition) is 3. The predicted octanol–water partition coefficient (Wildman–Crippen LogP) is 5.05. The average Bonchev–Trinajstić information content (AvgIpc) is 2.74. The first-order valence-electron chi connectivity index (χ1n) is 9.27. The number of benzene rings is 3. The molecule has 0 saturated carbocycles. The molecule has 0 aliphatic heterocycles. The van der Waals surface area contributed by atoms with Crippen molar-refractivity contribution in [2.75, 3.05) is 18.5 Å². The molecule has 3 aromatic rings. The molecule has 30 heavy (non-hydrogen) atoms. The first kappa shape index (κ1) is 21.3. The van der Waals surface area contributed by atoms with Gasteiger partial charge in [-0.3, -0.25) is 9.59 Å². The lowest BCUT2D eigenvalue weighted by Gasteiger charge is -2.18. The molecule has 0 bridgehead atoms. The molecule has 3 rings (SSSR count). The number of para-hydroxylation sites is 1. The quantitative estimate of drug-likeness (QED) is 0.574. The van der Waals surface area contributed by atoms with Gasteiger partial charge in [0.05, 0.1) is 10.6 Å². The fraction of sp³-hybridized carbons (Fsp3) is 0.130. The highest BCUT2D eigenvalue weighted by Gasteiger charge is 2.14. The van der Waals surface area contributed by atoms with Crippen LogP contribution in [0, 0.1) is 5.82 Å². The van der Waals surface area contributed by atoms with Crippen molar-refractivity contribution in [2.45, 2.75) is 6.42 Å². The van der Waals surface area contributed by atoms with E-state index in [1.54, 1.807) is 31.3 Å². The number of nitrogens with zero attached hydrogens (tertiary/aromatic N) is 1. The molecule has 0 aromatic heterocycles. The SMILES string of the molecule is CN(C(=O)CCNC(=O)c1ccc(F)cc1Cl)c1ccc(Oc2ccccc2)cc1. The third-order valence-electron chi connectivity index (χ3n) is 4.38. The van der Waals surface area contributed by atoms with Crippen molar-refractivity contribution in [2.24, 2.45) is 0 Å². The molecule has 2 amide bonds. The van der Waals surface area contributed by atoms with Gasteiger partial charge < -0.3 is 15.0 Å². The average molecular weight is 427 g/mol. The molecule has 0 aliphatic rings. The number of ether oxygens (including phenoxy) is 1. The van der Waals surface area contributed by atoms with Gasteiger partial charge in [-0.15, -0.1) is 0 Å². The van der Waals surface area contributed by atoms with Gasteiger partial charge in [-0.2, -0.15) is 0 Å². The summed E-state index contributed by atoms with van der Waals surface area (Å²) < 4.78 is 18.8. The van der Waals surface area contributed by atoms with Crippen molar-refractivity contribution in [3.8, 4) is 11.5 Å². The number of amides is 2. The van der Waals surface area contributed by atoms with Gasteiger partial charge in [-0.1, -0.05) is 29.8 Å². The smallest absolute Gasteiger partial charge is 0.252 e. The Morgan fingerprint density at radius 3 is 2.33 bits per heavy atom. The van der Waals surface area contributed by atoms with E-state index >= 15 is 0 Å². The molecule has 0 unspecified atom stereocenters. The van der Waals surface area contributed by atoms with Crippen LogP contribution in [-0.2, 0) is 4.79 Å². The van der Waals surface area contributed by atoms with Crippen molar-refractivity contribution in [1.29, 1.82) is 0 Å². The van der Waals surface area contributed by atoms with Gasteiger partial charge >= 0.3 is 0 Å². The summed E-state index contributed by atoms with van der Waals surface area (Å²) in [6.07, 6.45) is 0.101. The van der Waals surface area contributed by atoms with Gasteiger partial charge in [0.1, 0.15) is 17.3 Å². The van der Waals surface area contributed by atoms with Crippen molar-refractivity contribution in [3.63, 3.8) is 0 Å². The fourth-order valence-electron chi connectivity index (χ4n) is 2.73. The highest BCUT2D eigenvalue weighted by molar-refractivity contribution is 6.33. The Kier molecular flexibility index (Phi) is 7.03. The minimum absolute atomic E-state index is 0.0220. The van der Waals surface area contributed by atoms with E-state index in [0.717, 1.165) is 17.9 Å². The zero-order valence-electron chi connectivity index (χ0n) is 16.3. The molecule has 0 aliphatic carbocycles. The summed E-state index contributed by atoms with van der Waals surface area (Å²) in [6.45, 7) is 0.130. The molecule has 0 atom stereocenters. The maximum Gasteiger partial charge on any atom is 0.252 e. The highest BCUT2D eigenvalue weighted by atomic mass is 35.5. The lowest BCUT2D eigenvalue weighted by molar-refractivity contribution is -0.118. The van der Waals surface area contributed by atoms with E-state index in [2.05, 4.69) is 5.32 Å². The second-order valence-electron chi connectivity index (χ2n) is 6.49. The molecule has 1 N–H and O–H groups in total. The van der Waals surface area contributed by atoms with Gasteiger partial charge in [0.15, 0.2) is 0 Å². The Hall–Kier alpha value is -3.38. The second kappa shape index (κ2) is 9.89. The number of halogens is 2. The van der Waals surface area contributed by atoms with Crippen LogP contribution in [-0.4, -0.2) is 25.4 Å². The van der Waals surface area contributed by atoms with Gasteiger partial charge in [0.2, 0.25) is 5.91 Å². The summed E-state index contributed by atoms with van der Waals surface area (Å²) in [4.78, 5) is 26.0. The monoisotopic (exact) mass is 426 g/mol. The number of hydrogen-bond donors (Lipinski definition) is 1. The zero-order chi connectivity index (χ0) is 21.5. The minimum atomic E-state index is -0.520. The summed E-state index contributed by atoms with van der Waals surface area (Å²) >= 11 is 5.87. The first-order chi connectivity index (χ1) is 14.4. The first-order valence-corrected chi connectivity index (χ1v) is 9.64. The van der Waals surface area contributed by atoms with Crippen LogP contribution in [0.1, 0.15) is 16.8 Å². The maximum absolute atomic E-state index is 13.1. The largest absolute Gasteiger partial charge is 0.457 e. The molecule has 5 nitrogen and oxygen atoms in total. The molecular weight excluding hydrogens is 407 g/mol. The van der Waals surface area contributed by atoms with E-state index in [4.69, 9.17) is 16.3 Å². The van der Waals surface area contributed by atoms with Crippen LogP contribution in [0.4, 0.5) is 10.1 Å². The van der Waals surface area contributed by atoms with Crippen LogP contribution >= 0.6 is 11.6 Å². The molecular formula is C23H20ClFN2O3. The maximum atomic E-state index is 13.1. The summed E-state index contributed by atoms with van der Waals surface area (Å²) in [6, 6.07) is 20.1. The Bertz CT molecular complexity index is 1030. The van der Waals surface area contributed by atoms with Gasteiger partial charge in [0, 0.05) is 25.7 Å². The van der Waals surface area contributed by atoms with Crippen LogP contribution in [0.3, 0.4) is 0 Å². The van der Waals surface area contributed by atoms with Crippen molar-refractivity contribution in [1.82, 2.24) is 5.32 Å². The van der Waals surface area contributed by atoms with E-state index < -0.39 is 11.7 Å². The van der Waals surface area contributed by atoms with Crippen molar-refractivity contribution < 1.29 is 18.7 Å². The molecule has 0 radical (unpaired) electrons. The topological polar surface area (TPSA) is 58.6 Å². The van der Waals surface area contributed by atoms with Crippen LogP contribution in [0.2, 0.25) is 5.02 Å². The lowest BCUT2D eigenvalue weighted by Crippen LogP contribution is -2.32. The van der Waals surface area contributed by atoms with E-state index in [1.165, 1.54) is 11.0 Å². The van der Waals surface area contributed by atoms with Crippen LogP contribution in [0.25, 0.3) is 0 Å².